The van der Waals surface area contributed by atoms with E-state index in [0.29, 0.717) is 5.92 Å². The highest BCUT2D eigenvalue weighted by Gasteiger charge is 2.24. The monoisotopic (exact) mass is 192 g/mol. The summed E-state index contributed by atoms with van der Waals surface area (Å²) in [6, 6.07) is 8.34. The maximum absolute atomic E-state index is 9.15. The molecule has 0 aliphatic carbocycles. The number of ether oxygens (including phenoxy) is 1. The van der Waals surface area contributed by atoms with Crippen LogP contribution in [0.5, 0.6) is 0 Å². The van der Waals surface area contributed by atoms with Gasteiger partial charge in [-0.25, -0.2) is 0 Å². The first-order chi connectivity index (χ1) is 6.83. The molecule has 0 radical (unpaired) electrons. The highest BCUT2D eigenvalue weighted by Crippen LogP contribution is 2.30. The third-order valence-corrected chi connectivity index (χ3v) is 2.88. The Hall–Kier alpha value is -0.860. The molecule has 1 aliphatic heterocycles. The standard InChI is InChI=1S/C12H16O2/c1-9(6-13)11-4-2-3-5-12(11)10-7-14-8-10/h2-5,9-10,13H,6-8H2,1H3. The molecule has 1 atom stereocenters. The summed E-state index contributed by atoms with van der Waals surface area (Å²) in [5.41, 5.74) is 2.61. The van der Waals surface area contributed by atoms with Gasteiger partial charge in [0, 0.05) is 18.4 Å². The molecule has 76 valence electrons. The molecule has 1 N–H and O–H groups in total. The quantitative estimate of drug-likeness (QED) is 0.792. The Morgan fingerprint density at radius 2 is 2.14 bits per heavy atom. The molecule has 2 heteroatoms. The molecule has 0 saturated carbocycles. The Morgan fingerprint density at radius 1 is 1.43 bits per heavy atom. The number of hydrogen-bond donors (Lipinski definition) is 1. The fourth-order valence-corrected chi connectivity index (χ4v) is 1.85. The lowest BCUT2D eigenvalue weighted by Crippen LogP contribution is -2.26. The molecular weight excluding hydrogens is 176 g/mol. The molecule has 1 unspecified atom stereocenters. The summed E-state index contributed by atoms with van der Waals surface area (Å²) in [4.78, 5) is 0. The maximum atomic E-state index is 9.15. The molecule has 2 nitrogen and oxygen atoms in total. The van der Waals surface area contributed by atoms with E-state index >= 15 is 0 Å². The zero-order valence-electron chi connectivity index (χ0n) is 8.44. The zero-order chi connectivity index (χ0) is 9.97. The van der Waals surface area contributed by atoms with Gasteiger partial charge in [0.05, 0.1) is 13.2 Å². The average molecular weight is 192 g/mol. The van der Waals surface area contributed by atoms with Crippen molar-refractivity contribution in [2.45, 2.75) is 18.8 Å². The van der Waals surface area contributed by atoms with Gasteiger partial charge < -0.3 is 9.84 Å². The molecule has 0 bridgehead atoms. The minimum atomic E-state index is 0.213. The van der Waals surface area contributed by atoms with Gasteiger partial charge in [-0.05, 0) is 11.1 Å². The van der Waals surface area contributed by atoms with Crippen molar-refractivity contribution in [3.05, 3.63) is 35.4 Å². The second kappa shape index (κ2) is 4.11. The lowest BCUT2D eigenvalue weighted by atomic mass is 9.87. The van der Waals surface area contributed by atoms with Gasteiger partial charge in [-0.2, -0.15) is 0 Å². The fraction of sp³-hybridized carbons (Fsp3) is 0.500. The molecule has 1 aliphatic rings. The van der Waals surface area contributed by atoms with E-state index in [0.717, 1.165) is 13.2 Å². The molecule has 1 heterocycles. The summed E-state index contributed by atoms with van der Waals surface area (Å²) in [5, 5.41) is 9.15. The van der Waals surface area contributed by atoms with Crippen LogP contribution in [0, 0.1) is 0 Å². The summed E-state index contributed by atoms with van der Waals surface area (Å²) in [7, 11) is 0. The van der Waals surface area contributed by atoms with Gasteiger partial charge in [0.25, 0.3) is 0 Å². The van der Waals surface area contributed by atoms with Crippen molar-refractivity contribution < 1.29 is 9.84 Å². The third-order valence-electron chi connectivity index (χ3n) is 2.88. The van der Waals surface area contributed by atoms with E-state index in [9.17, 15) is 0 Å². The van der Waals surface area contributed by atoms with Crippen LogP contribution in [0.25, 0.3) is 0 Å². The first kappa shape index (κ1) is 9.69. The first-order valence-electron chi connectivity index (χ1n) is 5.10. The van der Waals surface area contributed by atoms with E-state index < -0.39 is 0 Å². The number of aliphatic hydroxyl groups excluding tert-OH is 1. The highest BCUT2D eigenvalue weighted by atomic mass is 16.5. The molecule has 1 saturated heterocycles. The molecule has 14 heavy (non-hydrogen) atoms. The summed E-state index contributed by atoms with van der Waals surface area (Å²) >= 11 is 0. The van der Waals surface area contributed by atoms with Crippen molar-refractivity contribution in [3.8, 4) is 0 Å². The third kappa shape index (κ3) is 1.68. The molecule has 2 rings (SSSR count). The average Bonchev–Trinajstić information content (AvgIpc) is 2.15. The van der Waals surface area contributed by atoms with Crippen LogP contribution in [0.4, 0.5) is 0 Å². The van der Waals surface area contributed by atoms with Crippen molar-refractivity contribution in [1.29, 1.82) is 0 Å². The lowest BCUT2D eigenvalue weighted by Gasteiger charge is -2.29. The van der Waals surface area contributed by atoms with Crippen LogP contribution in [0.15, 0.2) is 24.3 Å². The number of aliphatic hydroxyl groups is 1. The van der Waals surface area contributed by atoms with Crippen LogP contribution in [-0.4, -0.2) is 24.9 Å². The normalized spacial score (nSPS) is 19.0. The van der Waals surface area contributed by atoms with Crippen LogP contribution in [0.1, 0.15) is 29.9 Å². The second-order valence-corrected chi connectivity index (χ2v) is 3.95. The second-order valence-electron chi connectivity index (χ2n) is 3.95. The van der Waals surface area contributed by atoms with Gasteiger partial charge in [-0.1, -0.05) is 31.2 Å². The van der Waals surface area contributed by atoms with E-state index in [2.05, 4.69) is 25.1 Å². The minimum Gasteiger partial charge on any atom is -0.396 e. The maximum Gasteiger partial charge on any atom is 0.0557 e. The van der Waals surface area contributed by atoms with E-state index in [4.69, 9.17) is 9.84 Å². The predicted molar refractivity (Wildman–Crippen MR) is 55.5 cm³/mol. The Kier molecular flexibility index (Phi) is 2.85. The van der Waals surface area contributed by atoms with Crippen LogP contribution in [0.2, 0.25) is 0 Å². The van der Waals surface area contributed by atoms with Crippen molar-refractivity contribution in [3.63, 3.8) is 0 Å². The minimum absolute atomic E-state index is 0.213. The highest BCUT2D eigenvalue weighted by molar-refractivity contribution is 5.34. The molecule has 1 aromatic carbocycles. The largest absolute Gasteiger partial charge is 0.396 e. The zero-order valence-corrected chi connectivity index (χ0v) is 8.44. The summed E-state index contributed by atoms with van der Waals surface area (Å²) in [6.45, 7) is 3.92. The van der Waals surface area contributed by atoms with Gasteiger partial charge in [-0.15, -0.1) is 0 Å². The molecule has 1 fully saturated rings. The smallest absolute Gasteiger partial charge is 0.0557 e. The van der Waals surface area contributed by atoms with Crippen LogP contribution >= 0.6 is 0 Å². The molecule has 0 spiro atoms. The number of hydrogen-bond acceptors (Lipinski definition) is 2. The summed E-state index contributed by atoms with van der Waals surface area (Å²) in [6.07, 6.45) is 0. The fourth-order valence-electron chi connectivity index (χ4n) is 1.85. The Morgan fingerprint density at radius 3 is 2.71 bits per heavy atom. The van der Waals surface area contributed by atoms with Gasteiger partial charge in [-0.3, -0.25) is 0 Å². The molecule has 0 amide bonds. The Balaban J connectivity index is 2.27. The molecule has 1 aromatic rings. The van der Waals surface area contributed by atoms with Crippen molar-refractivity contribution in [2.75, 3.05) is 19.8 Å². The van der Waals surface area contributed by atoms with Crippen LogP contribution in [0.3, 0.4) is 0 Å². The van der Waals surface area contributed by atoms with Gasteiger partial charge in [0.1, 0.15) is 0 Å². The van der Waals surface area contributed by atoms with Crippen molar-refractivity contribution in [1.82, 2.24) is 0 Å². The summed E-state index contributed by atoms with van der Waals surface area (Å²) < 4.78 is 5.20. The SMILES string of the molecule is CC(CO)c1ccccc1C1COC1. The molecular formula is C12H16O2. The van der Waals surface area contributed by atoms with Gasteiger partial charge in [0.15, 0.2) is 0 Å². The molecule has 0 aromatic heterocycles. The van der Waals surface area contributed by atoms with Crippen molar-refractivity contribution in [2.24, 2.45) is 0 Å². The first-order valence-corrected chi connectivity index (χ1v) is 5.10. The number of benzene rings is 1. The van der Waals surface area contributed by atoms with Crippen LogP contribution < -0.4 is 0 Å². The van der Waals surface area contributed by atoms with E-state index in [1.807, 2.05) is 6.07 Å². The van der Waals surface area contributed by atoms with E-state index in [-0.39, 0.29) is 12.5 Å². The van der Waals surface area contributed by atoms with Crippen LogP contribution in [-0.2, 0) is 4.74 Å². The topological polar surface area (TPSA) is 29.5 Å². The van der Waals surface area contributed by atoms with Gasteiger partial charge in [0.2, 0.25) is 0 Å². The Labute approximate surface area is 84.5 Å². The predicted octanol–water partition coefficient (Wildman–Crippen LogP) is 1.90. The van der Waals surface area contributed by atoms with Crippen molar-refractivity contribution >= 4 is 0 Å². The van der Waals surface area contributed by atoms with E-state index in [1.165, 1.54) is 11.1 Å². The lowest BCUT2D eigenvalue weighted by molar-refractivity contribution is 0.00787. The number of rotatable bonds is 3. The van der Waals surface area contributed by atoms with E-state index in [1.54, 1.807) is 0 Å². The summed E-state index contributed by atoms with van der Waals surface area (Å²) in [5.74, 6) is 0.770. The van der Waals surface area contributed by atoms with Gasteiger partial charge >= 0.3 is 0 Å². The Bertz CT molecular complexity index is 281.